The topological polar surface area (TPSA) is 64.7 Å². The Labute approximate surface area is 101 Å². The number of hydrogen-bond acceptors (Lipinski definition) is 4. The average molecular weight is 240 g/mol. The van der Waals surface area contributed by atoms with Crippen LogP contribution in [0.1, 0.15) is 6.92 Å². The van der Waals surface area contributed by atoms with Crippen LogP contribution in [-0.2, 0) is 9.59 Å². The van der Waals surface area contributed by atoms with Crippen LogP contribution in [0.2, 0.25) is 0 Å². The third kappa shape index (κ3) is 3.17. The summed E-state index contributed by atoms with van der Waals surface area (Å²) in [4.78, 5) is 27.1. The lowest BCUT2D eigenvalue weighted by atomic mass is 10.2. The number of rotatable bonds is 2. The lowest BCUT2D eigenvalue weighted by Crippen LogP contribution is -2.56. The Morgan fingerprint density at radius 3 is 2.94 bits per heavy atom. The number of hydrogen-bond donors (Lipinski definition) is 2. The maximum atomic E-state index is 12.0. The van der Waals surface area contributed by atoms with Gasteiger partial charge in [0.25, 0.3) is 0 Å². The predicted octanol–water partition coefficient (Wildman–Crippen LogP) is -1.76. The van der Waals surface area contributed by atoms with Gasteiger partial charge in [-0.15, -0.1) is 0 Å². The van der Waals surface area contributed by atoms with Crippen LogP contribution in [0.25, 0.3) is 0 Å². The zero-order valence-corrected chi connectivity index (χ0v) is 10.2. The highest BCUT2D eigenvalue weighted by molar-refractivity contribution is 5.86. The van der Waals surface area contributed by atoms with Crippen LogP contribution in [0.4, 0.5) is 0 Å². The van der Waals surface area contributed by atoms with E-state index in [4.69, 9.17) is 0 Å². The molecular weight excluding hydrogens is 220 g/mol. The van der Waals surface area contributed by atoms with E-state index in [0.29, 0.717) is 25.7 Å². The molecule has 0 bridgehead atoms. The van der Waals surface area contributed by atoms with Gasteiger partial charge in [0.05, 0.1) is 13.1 Å². The molecule has 2 heterocycles. The number of carbonyl (C=O) groups is 2. The monoisotopic (exact) mass is 240 g/mol. The smallest absolute Gasteiger partial charge is 0.239 e. The van der Waals surface area contributed by atoms with Gasteiger partial charge < -0.3 is 15.5 Å². The summed E-state index contributed by atoms with van der Waals surface area (Å²) >= 11 is 0. The summed E-state index contributed by atoms with van der Waals surface area (Å²) in [5, 5.41) is 6.02. The van der Waals surface area contributed by atoms with Gasteiger partial charge in [-0.2, -0.15) is 0 Å². The van der Waals surface area contributed by atoms with Crippen molar-refractivity contribution in [1.29, 1.82) is 0 Å². The fourth-order valence-electron chi connectivity index (χ4n) is 2.24. The van der Waals surface area contributed by atoms with Crippen LogP contribution >= 0.6 is 0 Å². The lowest BCUT2D eigenvalue weighted by Gasteiger charge is -2.35. The van der Waals surface area contributed by atoms with Gasteiger partial charge in [0.2, 0.25) is 11.8 Å². The zero-order chi connectivity index (χ0) is 12.3. The molecule has 17 heavy (non-hydrogen) atoms. The van der Waals surface area contributed by atoms with Crippen LogP contribution in [0.5, 0.6) is 0 Å². The van der Waals surface area contributed by atoms with Crippen molar-refractivity contribution in [3.8, 4) is 0 Å². The van der Waals surface area contributed by atoms with Crippen LogP contribution in [-0.4, -0.2) is 73.5 Å². The second kappa shape index (κ2) is 5.46. The van der Waals surface area contributed by atoms with Crippen LogP contribution in [0.15, 0.2) is 0 Å². The first-order valence-corrected chi connectivity index (χ1v) is 6.16. The third-order valence-electron chi connectivity index (χ3n) is 3.37. The number of piperazine rings is 2. The van der Waals surface area contributed by atoms with Crippen molar-refractivity contribution < 1.29 is 9.59 Å². The summed E-state index contributed by atoms with van der Waals surface area (Å²) in [5.41, 5.74) is 0. The van der Waals surface area contributed by atoms with Crippen LogP contribution in [0, 0.1) is 0 Å². The van der Waals surface area contributed by atoms with Gasteiger partial charge in [-0.1, -0.05) is 0 Å². The van der Waals surface area contributed by atoms with E-state index in [0.717, 1.165) is 19.6 Å². The standard InChI is InChI=1S/C11H20N4O2/c1-9-6-12-2-4-14(9)8-11(17)15-5-3-13-10(16)7-15/h9,12H,2-8H2,1H3,(H,13,16)/t9-/m1/s1. The molecule has 0 aromatic heterocycles. The molecule has 0 radical (unpaired) electrons. The predicted molar refractivity (Wildman–Crippen MR) is 63.5 cm³/mol. The molecule has 6 heteroatoms. The van der Waals surface area contributed by atoms with Crippen molar-refractivity contribution in [2.75, 3.05) is 45.8 Å². The molecule has 2 aliphatic rings. The molecule has 96 valence electrons. The average Bonchev–Trinajstić information content (AvgIpc) is 2.32. The molecule has 2 aliphatic heterocycles. The van der Waals surface area contributed by atoms with E-state index in [1.54, 1.807) is 4.90 Å². The van der Waals surface area contributed by atoms with Crippen molar-refractivity contribution in [3.05, 3.63) is 0 Å². The van der Waals surface area contributed by atoms with E-state index in [-0.39, 0.29) is 18.4 Å². The van der Waals surface area contributed by atoms with E-state index >= 15 is 0 Å². The quantitative estimate of drug-likeness (QED) is 0.600. The second-order valence-electron chi connectivity index (χ2n) is 4.69. The normalized spacial score (nSPS) is 26.8. The molecule has 2 amide bonds. The molecule has 0 aliphatic carbocycles. The number of carbonyl (C=O) groups excluding carboxylic acids is 2. The van der Waals surface area contributed by atoms with Gasteiger partial charge >= 0.3 is 0 Å². The summed E-state index contributed by atoms with van der Waals surface area (Å²) in [6, 6.07) is 0.381. The summed E-state index contributed by atoms with van der Waals surface area (Å²) in [6.07, 6.45) is 0. The Balaban J connectivity index is 1.85. The van der Waals surface area contributed by atoms with Gasteiger partial charge in [-0.3, -0.25) is 14.5 Å². The minimum Gasteiger partial charge on any atom is -0.353 e. The van der Waals surface area contributed by atoms with Gasteiger partial charge in [0, 0.05) is 38.8 Å². The second-order valence-corrected chi connectivity index (χ2v) is 4.69. The van der Waals surface area contributed by atoms with Crippen molar-refractivity contribution in [2.24, 2.45) is 0 Å². The highest BCUT2D eigenvalue weighted by Gasteiger charge is 2.25. The molecule has 1 atom stereocenters. The number of amides is 2. The van der Waals surface area contributed by atoms with Crippen molar-refractivity contribution in [3.63, 3.8) is 0 Å². The maximum Gasteiger partial charge on any atom is 0.239 e. The molecular formula is C11H20N4O2. The van der Waals surface area contributed by atoms with Gasteiger partial charge in [0.15, 0.2) is 0 Å². The van der Waals surface area contributed by atoms with Crippen molar-refractivity contribution in [1.82, 2.24) is 20.4 Å². The first kappa shape index (κ1) is 12.3. The molecule has 6 nitrogen and oxygen atoms in total. The van der Waals surface area contributed by atoms with E-state index in [1.165, 1.54) is 0 Å². The van der Waals surface area contributed by atoms with E-state index in [1.807, 2.05) is 0 Å². The Morgan fingerprint density at radius 2 is 2.24 bits per heavy atom. The first-order valence-electron chi connectivity index (χ1n) is 6.16. The first-order chi connectivity index (χ1) is 8.16. The van der Waals surface area contributed by atoms with E-state index < -0.39 is 0 Å². The third-order valence-corrected chi connectivity index (χ3v) is 3.37. The Hall–Kier alpha value is -1.14. The summed E-state index contributed by atoms with van der Waals surface area (Å²) < 4.78 is 0. The molecule has 0 aromatic rings. The fraction of sp³-hybridized carbons (Fsp3) is 0.818. The van der Waals surface area contributed by atoms with E-state index in [2.05, 4.69) is 22.5 Å². The van der Waals surface area contributed by atoms with Gasteiger partial charge in [-0.25, -0.2) is 0 Å². The van der Waals surface area contributed by atoms with Gasteiger partial charge in [0.1, 0.15) is 0 Å². The summed E-state index contributed by atoms with van der Waals surface area (Å²) in [7, 11) is 0. The Morgan fingerprint density at radius 1 is 1.41 bits per heavy atom. The number of nitrogens with one attached hydrogen (secondary N) is 2. The van der Waals surface area contributed by atoms with Crippen molar-refractivity contribution in [2.45, 2.75) is 13.0 Å². The fourth-order valence-corrected chi connectivity index (χ4v) is 2.24. The molecule has 0 saturated carbocycles. The zero-order valence-electron chi connectivity index (χ0n) is 10.2. The SMILES string of the molecule is C[C@@H]1CNCCN1CC(=O)N1CCNC(=O)C1. The molecule has 2 rings (SSSR count). The Kier molecular flexibility index (Phi) is 3.96. The molecule has 2 fully saturated rings. The molecule has 0 spiro atoms. The largest absolute Gasteiger partial charge is 0.353 e. The highest BCUT2D eigenvalue weighted by Crippen LogP contribution is 2.04. The Bertz CT molecular complexity index is 308. The minimum absolute atomic E-state index is 0.0574. The molecule has 2 N–H and O–H groups in total. The minimum atomic E-state index is -0.0574. The summed E-state index contributed by atoms with van der Waals surface area (Å²) in [5.74, 6) is 0.00607. The van der Waals surface area contributed by atoms with Gasteiger partial charge in [-0.05, 0) is 6.92 Å². The van der Waals surface area contributed by atoms with Crippen molar-refractivity contribution >= 4 is 11.8 Å². The summed E-state index contributed by atoms with van der Waals surface area (Å²) in [6.45, 7) is 6.70. The molecule has 2 saturated heterocycles. The number of nitrogens with zero attached hydrogens (tertiary/aromatic N) is 2. The highest BCUT2D eigenvalue weighted by atomic mass is 16.2. The van der Waals surface area contributed by atoms with Crippen LogP contribution in [0.3, 0.4) is 0 Å². The molecule has 0 unspecified atom stereocenters. The lowest BCUT2D eigenvalue weighted by molar-refractivity contribution is -0.139. The van der Waals surface area contributed by atoms with E-state index in [9.17, 15) is 9.59 Å². The van der Waals surface area contributed by atoms with Crippen LogP contribution < -0.4 is 10.6 Å². The maximum absolute atomic E-state index is 12.0. The molecule has 0 aromatic carbocycles.